The molecule has 0 aliphatic carbocycles. The molecule has 0 fully saturated rings. The molecule has 0 spiro atoms. The number of furan rings is 2. The highest BCUT2D eigenvalue weighted by atomic mass is 79.9. The molecule has 0 saturated heterocycles. The number of thioether (sulfide) groups is 1. The molecule has 0 aromatic carbocycles. The van der Waals surface area contributed by atoms with E-state index in [0.29, 0.717) is 5.76 Å². The van der Waals surface area contributed by atoms with Crippen LogP contribution < -0.4 is 4.50 Å². The first-order valence-corrected chi connectivity index (χ1v) is 24.0. The summed E-state index contributed by atoms with van der Waals surface area (Å²) in [5.41, 5.74) is 1.71. The highest BCUT2D eigenvalue weighted by molar-refractivity contribution is 9.12. The number of ether oxygens (including phenoxy) is 1. The van der Waals surface area contributed by atoms with E-state index in [1.165, 1.54) is 9.03 Å². The molecular weight excluding hydrogens is 808 g/mol. The Morgan fingerprint density at radius 1 is 0.806 bits per heavy atom. The Morgan fingerprint density at radius 2 is 1.47 bits per heavy atom. The molecule has 6 rings (SSSR count). The zero-order valence-electron chi connectivity index (χ0n) is 20.3. The van der Waals surface area contributed by atoms with Gasteiger partial charge in [0.05, 0.1) is 53.6 Å². The summed E-state index contributed by atoms with van der Waals surface area (Å²) < 4.78 is 28.2. The lowest BCUT2D eigenvalue weighted by Gasteiger charge is -2.18. The molecule has 0 bridgehead atoms. The van der Waals surface area contributed by atoms with Gasteiger partial charge in [-0.15, -0.1) is 34.4 Å². The van der Waals surface area contributed by atoms with E-state index in [-0.39, 0.29) is 11.4 Å². The van der Waals surface area contributed by atoms with E-state index < -0.39 is 16.1 Å². The minimum atomic E-state index is -1.40. The fourth-order valence-electron chi connectivity index (χ4n) is 4.23. The van der Waals surface area contributed by atoms with Gasteiger partial charge < -0.3 is 13.6 Å². The van der Waals surface area contributed by atoms with Gasteiger partial charge in [0.15, 0.2) is 17.1 Å². The molecule has 2 unspecified atom stereocenters. The standard InChI is InChI=1S/C24H22Br4O3S3Si2/c1-35(2,3)11-7-9-21(32-11)13(25)17(29-9)18-14(26)23-20(31-18)16(28)24(34-23)19-15(27)22-10(30-19)8-12(33-22)36(4,5)6/h7-8,10,22H,1-6H3. The first-order valence-electron chi connectivity index (χ1n) is 11.3. The van der Waals surface area contributed by atoms with Crippen LogP contribution in [0.1, 0.15) is 4.88 Å². The molecule has 4 aromatic heterocycles. The summed E-state index contributed by atoms with van der Waals surface area (Å²) in [4.78, 5) is 1.04. The van der Waals surface area contributed by atoms with Gasteiger partial charge in [-0.3, -0.25) is 0 Å². The molecule has 0 N–H and O–H groups in total. The molecule has 2 aliphatic rings. The number of fused-ring (bicyclic) bond motifs is 3. The zero-order valence-corrected chi connectivity index (χ0v) is 31.1. The second-order valence-electron chi connectivity index (χ2n) is 11.0. The third kappa shape index (κ3) is 4.15. The molecule has 0 saturated carbocycles. The maximum atomic E-state index is 6.49. The zero-order chi connectivity index (χ0) is 25.9. The molecule has 36 heavy (non-hydrogen) atoms. The van der Waals surface area contributed by atoms with E-state index in [0.717, 1.165) is 54.9 Å². The van der Waals surface area contributed by atoms with Crippen LogP contribution in [0.4, 0.5) is 0 Å². The molecule has 6 heterocycles. The predicted octanol–water partition coefficient (Wildman–Crippen LogP) is 11.1. The van der Waals surface area contributed by atoms with Crippen LogP contribution >= 0.6 is 98.2 Å². The minimum Gasteiger partial charge on any atom is -0.482 e. The van der Waals surface area contributed by atoms with Crippen LogP contribution in [0.15, 0.2) is 43.4 Å². The lowest BCUT2D eigenvalue weighted by Crippen LogP contribution is -2.34. The Labute approximate surface area is 257 Å². The van der Waals surface area contributed by atoms with Gasteiger partial charge in [-0.2, -0.15) is 0 Å². The molecular formula is C24H22Br4O3S3Si2. The van der Waals surface area contributed by atoms with Crippen LogP contribution in [0.5, 0.6) is 0 Å². The number of halogens is 4. The van der Waals surface area contributed by atoms with Crippen molar-refractivity contribution in [2.75, 3.05) is 0 Å². The quantitative estimate of drug-likeness (QED) is 0.192. The molecule has 3 nitrogen and oxygen atoms in total. The van der Waals surface area contributed by atoms with E-state index in [1.807, 2.05) is 23.1 Å². The average Bonchev–Trinajstić information content (AvgIpc) is 3.57. The summed E-state index contributed by atoms with van der Waals surface area (Å²) in [5.74, 6) is 2.32. The predicted molar refractivity (Wildman–Crippen MR) is 177 cm³/mol. The molecule has 2 atom stereocenters. The second kappa shape index (κ2) is 8.99. The highest BCUT2D eigenvalue weighted by Gasteiger charge is 2.44. The van der Waals surface area contributed by atoms with E-state index in [1.54, 1.807) is 11.3 Å². The summed E-state index contributed by atoms with van der Waals surface area (Å²) in [7, 11) is -2.76. The number of hydrogen-bond donors (Lipinski definition) is 0. The molecule has 12 heteroatoms. The SMILES string of the molecule is C[Si](C)(C)C1=CC2OC(c3sc4c(Br)c(-c5oc6cc([Si](C)(C)C)sc6c5Br)oc4c3Br)=C(Br)C2S1. The van der Waals surface area contributed by atoms with Crippen molar-refractivity contribution in [3.63, 3.8) is 0 Å². The monoisotopic (exact) mass is 826 g/mol. The van der Waals surface area contributed by atoms with E-state index in [4.69, 9.17) is 13.6 Å². The fraction of sp³-hybridized carbons (Fsp3) is 0.333. The van der Waals surface area contributed by atoms with Gasteiger partial charge in [0.25, 0.3) is 0 Å². The first kappa shape index (κ1) is 26.7. The Bertz CT molecular complexity index is 1630. The smallest absolute Gasteiger partial charge is 0.187 e. The number of hydrogen-bond acceptors (Lipinski definition) is 6. The molecule has 0 radical (unpaired) electrons. The van der Waals surface area contributed by atoms with Crippen molar-refractivity contribution >= 4 is 145 Å². The van der Waals surface area contributed by atoms with Gasteiger partial charge >= 0.3 is 0 Å². The second-order valence-corrected chi connectivity index (χ2v) is 28.3. The van der Waals surface area contributed by atoms with Crippen LogP contribution in [-0.4, -0.2) is 27.5 Å². The lowest BCUT2D eigenvalue weighted by atomic mass is 10.2. The Kier molecular flexibility index (Phi) is 6.66. The lowest BCUT2D eigenvalue weighted by molar-refractivity contribution is 0.244. The topological polar surface area (TPSA) is 35.5 Å². The average molecular weight is 830 g/mol. The Hall–Kier alpha value is 0.464. The minimum absolute atomic E-state index is 0.0773. The van der Waals surface area contributed by atoms with Crippen molar-refractivity contribution in [2.24, 2.45) is 0 Å². The fourth-order valence-corrected chi connectivity index (χ4v) is 14.8. The maximum absolute atomic E-state index is 6.49. The summed E-state index contributed by atoms with van der Waals surface area (Å²) in [6.07, 6.45) is 2.41. The van der Waals surface area contributed by atoms with Crippen LogP contribution in [-0.2, 0) is 4.74 Å². The Balaban J connectivity index is 1.37. The van der Waals surface area contributed by atoms with E-state index in [9.17, 15) is 0 Å². The van der Waals surface area contributed by atoms with Crippen molar-refractivity contribution < 1.29 is 13.6 Å². The highest BCUT2D eigenvalue weighted by Crippen LogP contribution is 2.56. The van der Waals surface area contributed by atoms with Gasteiger partial charge in [0.1, 0.15) is 17.4 Å². The molecule has 2 aliphatic heterocycles. The van der Waals surface area contributed by atoms with Gasteiger partial charge in [0, 0.05) is 0 Å². The van der Waals surface area contributed by atoms with Crippen LogP contribution in [0.2, 0.25) is 39.3 Å². The normalized spacial score (nSPS) is 20.7. The van der Waals surface area contributed by atoms with Gasteiger partial charge in [0.2, 0.25) is 0 Å². The summed E-state index contributed by atoms with van der Waals surface area (Å²) >= 11 is 20.7. The number of rotatable bonds is 4. The van der Waals surface area contributed by atoms with Crippen molar-refractivity contribution in [2.45, 2.75) is 50.6 Å². The molecule has 190 valence electrons. The van der Waals surface area contributed by atoms with Gasteiger partial charge in [-0.1, -0.05) is 55.2 Å². The van der Waals surface area contributed by atoms with Crippen molar-refractivity contribution in [1.29, 1.82) is 0 Å². The van der Waals surface area contributed by atoms with Crippen LogP contribution in [0, 0.1) is 0 Å². The van der Waals surface area contributed by atoms with Crippen molar-refractivity contribution in [1.82, 2.24) is 0 Å². The summed E-state index contributed by atoms with van der Waals surface area (Å²) in [6.45, 7) is 14.2. The first-order chi connectivity index (χ1) is 16.8. The van der Waals surface area contributed by atoms with Crippen molar-refractivity contribution in [3.05, 3.63) is 39.4 Å². The third-order valence-electron chi connectivity index (χ3n) is 6.20. The summed E-state index contributed by atoms with van der Waals surface area (Å²) in [6, 6.07) is 2.20. The van der Waals surface area contributed by atoms with E-state index >= 15 is 0 Å². The van der Waals surface area contributed by atoms with Crippen LogP contribution in [0.3, 0.4) is 0 Å². The maximum Gasteiger partial charge on any atom is 0.187 e. The van der Waals surface area contributed by atoms with Crippen molar-refractivity contribution in [3.8, 4) is 11.5 Å². The van der Waals surface area contributed by atoms with Gasteiger partial charge in [-0.25, -0.2) is 0 Å². The number of thiophene rings is 2. The van der Waals surface area contributed by atoms with E-state index in [2.05, 4.69) is 115 Å². The largest absolute Gasteiger partial charge is 0.482 e. The van der Waals surface area contributed by atoms with Gasteiger partial charge in [-0.05, 0) is 69.0 Å². The Morgan fingerprint density at radius 3 is 2.06 bits per heavy atom. The molecule has 4 aromatic rings. The third-order valence-corrected chi connectivity index (χ3v) is 21.3. The van der Waals surface area contributed by atoms with Crippen LogP contribution in [0.25, 0.3) is 37.8 Å². The molecule has 0 amide bonds. The summed E-state index contributed by atoms with van der Waals surface area (Å²) in [5, 5.41) is 0.286.